The molecule has 1 heterocycles. The number of anilines is 1. The first kappa shape index (κ1) is 18.5. The van der Waals surface area contributed by atoms with Crippen molar-refractivity contribution in [2.45, 2.75) is 19.4 Å². The number of hydrogen-bond acceptors (Lipinski definition) is 2. The highest BCUT2D eigenvalue weighted by Gasteiger charge is 2.25. The van der Waals surface area contributed by atoms with Crippen molar-refractivity contribution in [1.29, 1.82) is 0 Å². The molecular weight excluding hydrogens is 379 g/mol. The van der Waals surface area contributed by atoms with Crippen molar-refractivity contribution in [3.63, 3.8) is 0 Å². The molecule has 0 aliphatic carbocycles. The van der Waals surface area contributed by atoms with Crippen LogP contribution in [0.25, 0.3) is 0 Å². The topological polar surface area (TPSA) is 32.3 Å². The molecule has 0 spiro atoms. The summed E-state index contributed by atoms with van der Waals surface area (Å²) in [6.07, 6.45) is 1.66. The Morgan fingerprint density at radius 2 is 1.72 bits per heavy atom. The molecule has 1 fully saturated rings. The number of halogens is 3. The summed E-state index contributed by atoms with van der Waals surface area (Å²) >= 11 is 18.0. The summed E-state index contributed by atoms with van der Waals surface area (Å²) in [6.45, 7) is 2.67. The molecule has 0 radical (unpaired) electrons. The van der Waals surface area contributed by atoms with Gasteiger partial charge in [0.25, 0.3) is 0 Å². The van der Waals surface area contributed by atoms with Crippen LogP contribution in [0.5, 0.6) is 0 Å². The van der Waals surface area contributed by atoms with Gasteiger partial charge in [-0.2, -0.15) is 0 Å². The van der Waals surface area contributed by atoms with E-state index in [1.54, 1.807) is 18.2 Å². The number of carbonyl (C=O) groups excluding carboxylic acids is 1. The highest BCUT2D eigenvalue weighted by atomic mass is 35.5. The molecule has 1 N–H and O–H groups in total. The molecule has 0 bridgehead atoms. The molecule has 1 aliphatic rings. The fourth-order valence-electron chi connectivity index (χ4n) is 3.04. The van der Waals surface area contributed by atoms with E-state index < -0.39 is 0 Å². The summed E-state index contributed by atoms with van der Waals surface area (Å²) in [5, 5.41) is 4.48. The van der Waals surface area contributed by atoms with E-state index in [1.807, 2.05) is 24.3 Å². The molecule has 0 saturated carbocycles. The molecule has 3 rings (SSSR count). The van der Waals surface area contributed by atoms with Gasteiger partial charge in [-0.15, -0.1) is 0 Å². The number of benzene rings is 2. The number of hydrogen-bond donors (Lipinski definition) is 1. The third kappa shape index (κ3) is 4.89. The zero-order valence-electron chi connectivity index (χ0n) is 13.6. The van der Waals surface area contributed by atoms with E-state index in [9.17, 15) is 4.79 Å². The Morgan fingerprint density at radius 3 is 2.40 bits per heavy atom. The quantitative estimate of drug-likeness (QED) is 0.739. The van der Waals surface area contributed by atoms with Gasteiger partial charge in [0, 0.05) is 17.5 Å². The average molecular weight is 398 g/mol. The largest absolute Gasteiger partial charge is 0.324 e. The fraction of sp³-hybridized carbons (Fsp3) is 0.316. The van der Waals surface area contributed by atoms with Crippen molar-refractivity contribution in [2.75, 3.05) is 18.4 Å². The van der Waals surface area contributed by atoms with Gasteiger partial charge in [-0.25, -0.2) is 0 Å². The second kappa shape index (κ2) is 8.41. The highest BCUT2D eigenvalue weighted by molar-refractivity contribution is 6.44. The summed E-state index contributed by atoms with van der Waals surface area (Å²) in [6, 6.07) is 13.2. The summed E-state index contributed by atoms with van der Waals surface area (Å²) in [5.41, 5.74) is 1.81. The second-order valence-electron chi connectivity index (χ2n) is 6.27. The number of nitrogens with zero attached hydrogens (tertiary/aromatic N) is 1. The molecule has 1 saturated heterocycles. The Hall–Kier alpha value is -1.26. The smallest absolute Gasteiger partial charge is 0.227 e. The molecule has 132 valence electrons. The Balaban J connectivity index is 1.52. The number of amides is 1. The lowest BCUT2D eigenvalue weighted by Gasteiger charge is -2.31. The lowest BCUT2D eigenvalue weighted by Crippen LogP contribution is -2.37. The van der Waals surface area contributed by atoms with Crippen LogP contribution in [0.2, 0.25) is 15.1 Å². The van der Waals surface area contributed by atoms with E-state index in [-0.39, 0.29) is 11.8 Å². The Bertz CT molecular complexity index is 741. The molecule has 3 nitrogen and oxygen atoms in total. The Kier molecular flexibility index (Phi) is 6.24. The van der Waals surface area contributed by atoms with Gasteiger partial charge in [0.05, 0.1) is 15.7 Å². The van der Waals surface area contributed by atoms with E-state index in [1.165, 1.54) is 5.56 Å². The van der Waals surface area contributed by atoms with Gasteiger partial charge in [-0.1, -0.05) is 53.0 Å². The van der Waals surface area contributed by atoms with Crippen LogP contribution in [-0.2, 0) is 11.3 Å². The number of likely N-dealkylation sites (tertiary alicyclic amines) is 1. The molecule has 1 aliphatic heterocycles. The van der Waals surface area contributed by atoms with E-state index in [2.05, 4.69) is 10.2 Å². The maximum Gasteiger partial charge on any atom is 0.227 e. The Morgan fingerprint density at radius 1 is 1.04 bits per heavy atom. The number of rotatable bonds is 4. The molecule has 25 heavy (non-hydrogen) atoms. The van der Waals surface area contributed by atoms with Crippen LogP contribution in [0, 0.1) is 5.92 Å². The average Bonchev–Trinajstić information content (AvgIpc) is 2.61. The second-order valence-corrected chi connectivity index (χ2v) is 7.49. The van der Waals surface area contributed by atoms with Gasteiger partial charge in [0.2, 0.25) is 5.91 Å². The fourth-order valence-corrected chi connectivity index (χ4v) is 3.51. The van der Waals surface area contributed by atoms with Crippen molar-refractivity contribution < 1.29 is 4.79 Å². The lowest BCUT2D eigenvalue weighted by molar-refractivity contribution is -0.121. The molecule has 2 aromatic carbocycles. The van der Waals surface area contributed by atoms with Crippen LogP contribution >= 0.6 is 34.8 Å². The number of nitrogens with one attached hydrogen (secondary N) is 1. The van der Waals surface area contributed by atoms with E-state index >= 15 is 0 Å². The van der Waals surface area contributed by atoms with Gasteiger partial charge < -0.3 is 5.32 Å². The first-order chi connectivity index (χ1) is 12.0. The van der Waals surface area contributed by atoms with Crippen LogP contribution in [0.3, 0.4) is 0 Å². The van der Waals surface area contributed by atoms with Crippen LogP contribution in [-0.4, -0.2) is 23.9 Å². The summed E-state index contributed by atoms with van der Waals surface area (Å²) in [5.74, 6) is 0.00632. The SMILES string of the molecule is O=C(Nc1cccc(Cl)c1Cl)C1CCN(Cc2ccc(Cl)cc2)CC1. The molecule has 0 unspecified atom stereocenters. The molecule has 6 heteroatoms. The predicted octanol–water partition coefficient (Wildman–Crippen LogP) is 5.50. The van der Waals surface area contributed by atoms with Crippen LogP contribution in [0.15, 0.2) is 42.5 Å². The maximum atomic E-state index is 12.5. The van der Waals surface area contributed by atoms with Crippen LogP contribution in [0.1, 0.15) is 18.4 Å². The zero-order chi connectivity index (χ0) is 17.8. The van der Waals surface area contributed by atoms with Crippen molar-refractivity contribution in [1.82, 2.24) is 4.90 Å². The van der Waals surface area contributed by atoms with Crippen molar-refractivity contribution in [3.8, 4) is 0 Å². The maximum absolute atomic E-state index is 12.5. The van der Waals surface area contributed by atoms with Gasteiger partial charge in [0.15, 0.2) is 0 Å². The zero-order valence-corrected chi connectivity index (χ0v) is 15.9. The number of carbonyl (C=O) groups is 1. The first-order valence-electron chi connectivity index (χ1n) is 8.24. The van der Waals surface area contributed by atoms with Crippen LogP contribution in [0.4, 0.5) is 5.69 Å². The van der Waals surface area contributed by atoms with E-state index in [0.717, 1.165) is 37.5 Å². The molecule has 0 aromatic heterocycles. The van der Waals surface area contributed by atoms with Gasteiger partial charge in [-0.3, -0.25) is 9.69 Å². The summed E-state index contributed by atoms with van der Waals surface area (Å²) < 4.78 is 0. The van der Waals surface area contributed by atoms with E-state index in [0.29, 0.717) is 15.7 Å². The minimum atomic E-state index is -0.00323. The van der Waals surface area contributed by atoms with Crippen molar-refractivity contribution in [3.05, 3.63) is 63.1 Å². The highest BCUT2D eigenvalue weighted by Crippen LogP contribution is 2.30. The molecule has 0 atom stereocenters. The van der Waals surface area contributed by atoms with Gasteiger partial charge in [-0.05, 0) is 55.8 Å². The predicted molar refractivity (Wildman–Crippen MR) is 105 cm³/mol. The Labute approximate surface area is 162 Å². The third-order valence-electron chi connectivity index (χ3n) is 4.49. The lowest BCUT2D eigenvalue weighted by atomic mass is 9.95. The van der Waals surface area contributed by atoms with E-state index in [4.69, 9.17) is 34.8 Å². The minimum Gasteiger partial charge on any atom is -0.324 e. The summed E-state index contributed by atoms with van der Waals surface area (Å²) in [4.78, 5) is 14.8. The van der Waals surface area contributed by atoms with Gasteiger partial charge >= 0.3 is 0 Å². The normalized spacial score (nSPS) is 16.0. The standard InChI is InChI=1S/C19H19Cl3N2O/c20-15-6-4-13(5-7-15)12-24-10-8-14(9-11-24)19(25)23-17-3-1-2-16(21)18(17)22/h1-7,14H,8-12H2,(H,23,25). The van der Waals surface area contributed by atoms with Crippen molar-refractivity contribution >= 4 is 46.4 Å². The van der Waals surface area contributed by atoms with Gasteiger partial charge in [0.1, 0.15) is 0 Å². The minimum absolute atomic E-state index is 0.00323. The summed E-state index contributed by atoms with van der Waals surface area (Å²) in [7, 11) is 0. The first-order valence-corrected chi connectivity index (χ1v) is 9.38. The van der Waals surface area contributed by atoms with Crippen molar-refractivity contribution in [2.24, 2.45) is 5.92 Å². The van der Waals surface area contributed by atoms with Crippen LogP contribution < -0.4 is 5.32 Å². The molecular formula is C19H19Cl3N2O. The monoisotopic (exact) mass is 396 g/mol. The number of piperidine rings is 1. The molecule has 1 amide bonds. The molecule has 2 aromatic rings. The third-order valence-corrected chi connectivity index (χ3v) is 5.56.